The van der Waals surface area contributed by atoms with Gasteiger partial charge in [-0.25, -0.2) is 8.42 Å². The molecule has 30 heavy (non-hydrogen) atoms. The highest BCUT2D eigenvalue weighted by Gasteiger charge is 2.51. The SMILES string of the molecule is COc1ccc(OC)c(S(=O)(=O)Nc2ccc(C3(C(=O)NCC(C)C)CC3)cc2)c1. The largest absolute Gasteiger partial charge is 0.497 e. The van der Waals surface area contributed by atoms with Crippen LogP contribution in [0, 0.1) is 5.92 Å². The number of rotatable bonds is 9. The molecule has 1 aliphatic carbocycles. The Kier molecular flexibility index (Phi) is 6.26. The average molecular weight is 433 g/mol. The van der Waals surface area contributed by atoms with E-state index in [1.54, 1.807) is 24.3 Å². The lowest BCUT2D eigenvalue weighted by atomic mass is 9.94. The van der Waals surface area contributed by atoms with Crippen LogP contribution < -0.4 is 19.5 Å². The second-order valence-electron chi connectivity index (χ2n) is 7.89. The van der Waals surface area contributed by atoms with Crippen molar-refractivity contribution in [3.8, 4) is 11.5 Å². The van der Waals surface area contributed by atoms with E-state index < -0.39 is 15.4 Å². The van der Waals surface area contributed by atoms with Gasteiger partial charge in [-0.15, -0.1) is 0 Å². The summed E-state index contributed by atoms with van der Waals surface area (Å²) < 4.78 is 38.7. The van der Waals surface area contributed by atoms with Gasteiger partial charge in [0.15, 0.2) is 0 Å². The second kappa shape index (κ2) is 8.55. The molecule has 1 saturated carbocycles. The summed E-state index contributed by atoms with van der Waals surface area (Å²) >= 11 is 0. The maximum atomic E-state index is 12.9. The molecule has 0 atom stereocenters. The van der Waals surface area contributed by atoms with Gasteiger partial charge in [-0.2, -0.15) is 0 Å². The van der Waals surface area contributed by atoms with Gasteiger partial charge in [-0.3, -0.25) is 9.52 Å². The molecule has 7 nitrogen and oxygen atoms in total. The Bertz CT molecular complexity index is 1010. The molecule has 0 unspecified atom stereocenters. The Hall–Kier alpha value is -2.74. The zero-order valence-corrected chi connectivity index (χ0v) is 18.5. The maximum Gasteiger partial charge on any atom is 0.265 e. The molecule has 2 N–H and O–H groups in total. The predicted molar refractivity (Wildman–Crippen MR) is 116 cm³/mol. The third kappa shape index (κ3) is 4.53. The highest BCUT2D eigenvalue weighted by atomic mass is 32.2. The van der Waals surface area contributed by atoms with Crippen molar-refractivity contribution in [2.75, 3.05) is 25.5 Å². The number of benzene rings is 2. The minimum Gasteiger partial charge on any atom is -0.497 e. The van der Waals surface area contributed by atoms with E-state index in [0.29, 0.717) is 23.9 Å². The number of anilines is 1. The highest BCUT2D eigenvalue weighted by Crippen LogP contribution is 2.48. The molecule has 1 aliphatic rings. The Morgan fingerprint density at radius 2 is 1.73 bits per heavy atom. The first-order valence-corrected chi connectivity index (χ1v) is 11.3. The molecule has 0 bridgehead atoms. The molecule has 0 aliphatic heterocycles. The fourth-order valence-electron chi connectivity index (χ4n) is 3.30. The lowest BCUT2D eigenvalue weighted by Crippen LogP contribution is -2.36. The topological polar surface area (TPSA) is 93.7 Å². The van der Waals surface area contributed by atoms with Crippen LogP contribution in [-0.2, 0) is 20.2 Å². The maximum absolute atomic E-state index is 12.9. The number of carbonyl (C=O) groups is 1. The van der Waals surface area contributed by atoms with E-state index in [1.165, 1.54) is 20.3 Å². The van der Waals surface area contributed by atoms with Crippen LogP contribution in [0.2, 0.25) is 0 Å². The van der Waals surface area contributed by atoms with Gasteiger partial charge in [-0.05, 0) is 48.6 Å². The van der Waals surface area contributed by atoms with Gasteiger partial charge < -0.3 is 14.8 Å². The Morgan fingerprint density at radius 1 is 1.07 bits per heavy atom. The van der Waals surface area contributed by atoms with Crippen molar-refractivity contribution in [3.05, 3.63) is 48.0 Å². The first kappa shape index (κ1) is 22.0. The van der Waals surface area contributed by atoms with Gasteiger partial charge >= 0.3 is 0 Å². The third-order valence-electron chi connectivity index (χ3n) is 5.21. The van der Waals surface area contributed by atoms with E-state index in [4.69, 9.17) is 9.47 Å². The van der Waals surface area contributed by atoms with Crippen LogP contribution in [0.15, 0.2) is 47.4 Å². The Balaban J connectivity index is 1.78. The second-order valence-corrected chi connectivity index (χ2v) is 9.54. The van der Waals surface area contributed by atoms with Crippen LogP contribution in [0.25, 0.3) is 0 Å². The third-order valence-corrected chi connectivity index (χ3v) is 6.61. The number of amides is 1. The van der Waals surface area contributed by atoms with E-state index in [0.717, 1.165) is 18.4 Å². The van der Waals surface area contributed by atoms with Crippen LogP contribution in [0.5, 0.6) is 11.5 Å². The zero-order chi connectivity index (χ0) is 21.9. The van der Waals surface area contributed by atoms with Gasteiger partial charge in [-0.1, -0.05) is 26.0 Å². The fraction of sp³-hybridized carbons (Fsp3) is 0.409. The number of carbonyl (C=O) groups excluding carboxylic acids is 1. The van der Waals surface area contributed by atoms with Crippen molar-refractivity contribution in [1.82, 2.24) is 5.32 Å². The van der Waals surface area contributed by atoms with Crippen LogP contribution in [0.1, 0.15) is 32.3 Å². The number of nitrogens with one attached hydrogen (secondary N) is 2. The van der Waals surface area contributed by atoms with Gasteiger partial charge in [0.25, 0.3) is 10.0 Å². The number of hydrogen-bond acceptors (Lipinski definition) is 5. The van der Waals surface area contributed by atoms with Gasteiger partial charge in [0, 0.05) is 18.3 Å². The molecule has 0 spiro atoms. The number of methoxy groups -OCH3 is 2. The van der Waals surface area contributed by atoms with Gasteiger partial charge in [0.2, 0.25) is 5.91 Å². The van der Waals surface area contributed by atoms with E-state index >= 15 is 0 Å². The number of ether oxygens (including phenoxy) is 2. The van der Waals surface area contributed by atoms with E-state index in [1.807, 2.05) is 12.1 Å². The fourth-order valence-corrected chi connectivity index (χ4v) is 4.54. The quantitative estimate of drug-likeness (QED) is 0.634. The number of sulfonamides is 1. The molecule has 0 aromatic heterocycles. The molecule has 8 heteroatoms. The molecule has 1 amide bonds. The summed E-state index contributed by atoms with van der Waals surface area (Å²) in [7, 11) is -1.01. The monoisotopic (exact) mass is 432 g/mol. The van der Waals surface area contributed by atoms with Crippen molar-refractivity contribution in [2.24, 2.45) is 5.92 Å². The molecule has 1 fully saturated rings. The van der Waals surface area contributed by atoms with Gasteiger partial charge in [0.05, 0.1) is 19.6 Å². The summed E-state index contributed by atoms with van der Waals surface area (Å²) in [6.45, 7) is 4.75. The van der Waals surface area contributed by atoms with Crippen molar-refractivity contribution >= 4 is 21.6 Å². The average Bonchev–Trinajstić information content (AvgIpc) is 3.53. The highest BCUT2D eigenvalue weighted by molar-refractivity contribution is 7.92. The van der Waals surface area contributed by atoms with Crippen molar-refractivity contribution < 1.29 is 22.7 Å². The molecular formula is C22H28N2O5S. The lowest BCUT2D eigenvalue weighted by Gasteiger charge is -2.18. The van der Waals surface area contributed by atoms with Crippen LogP contribution in [-0.4, -0.2) is 35.1 Å². The minimum absolute atomic E-state index is 0.0137. The molecule has 3 rings (SSSR count). The van der Waals surface area contributed by atoms with E-state index in [2.05, 4.69) is 23.9 Å². The first-order chi connectivity index (χ1) is 14.2. The first-order valence-electron chi connectivity index (χ1n) is 9.85. The summed E-state index contributed by atoms with van der Waals surface area (Å²) in [5.74, 6) is 1.05. The lowest BCUT2D eigenvalue weighted by molar-refractivity contribution is -0.123. The molecule has 0 heterocycles. The molecule has 0 radical (unpaired) electrons. The normalized spacial score (nSPS) is 14.8. The standard InChI is InChI=1S/C22H28N2O5S/c1-15(2)14-23-21(25)22(11-12-22)16-5-7-17(8-6-16)24-30(26,27)20-13-18(28-3)9-10-19(20)29-4/h5-10,13,15,24H,11-12,14H2,1-4H3,(H,23,25). The molecule has 162 valence electrons. The molecule has 2 aromatic carbocycles. The summed E-state index contributed by atoms with van der Waals surface area (Å²) in [4.78, 5) is 12.6. The van der Waals surface area contributed by atoms with Crippen LogP contribution in [0.3, 0.4) is 0 Å². The summed E-state index contributed by atoms with van der Waals surface area (Å²) in [5, 5.41) is 3.00. The molecule has 0 saturated heterocycles. The smallest absolute Gasteiger partial charge is 0.265 e. The van der Waals surface area contributed by atoms with E-state index in [9.17, 15) is 13.2 Å². The Morgan fingerprint density at radius 3 is 2.27 bits per heavy atom. The Labute approximate surface area is 177 Å². The van der Waals surface area contributed by atoms with Crippen LogP contribution >= 0.6 is 0 Å². The molecular weight excluding hydrogens is 404 g/mol. The van der Waals surface area contributed by atoms with Gasteiger partial charge in [0.1, 0.15) is 16.4 Å². The van der Waals surface area contributed by atoms with E-state index in [-0.39, 0.29) is 16.6 Å². The zero-order valence-electron chi connectivity index (χ0n) is 17.7. The molecule has 2 aromatic rings. The van der Waals surface area contributed by atoms with Crippen molar-refractivity contribution in [2.45, 2.75) is 37.0 Å². The van der Waals surface area contributed by atoms with Crippen molar-refractivity contribution in [1.29, 1.82) is 0 Å². The summed E-state index contributed by atoms with van der Waals surface area (Å²) in [6.07, 6.45) is 1.59. The minimum atomic E-state index is -3.89. The summed E-state index contributed by atoms with van der Waals surface area (Å²) in [6, 6.07) is 11.6. The van der Waals surface area contributed by atoms with Crippen LogP contribution in [0.4, 0.5) is 5.69 Å². The predicted octanol–water partition coefficient (Wildman–Crippen LogP) is 3.31. The number of hydrogen-bond donors (Lipinski definition) is 2. The van der Waals surface area contributed by atoms with Crippen molar-refractivity contribution in [3.63, 3.8) is 0 Å². The summed E-state index contributed by atoms with van der Waals surface area (Å²) in [5.41, 5.74) is 0.801.